The maximum absolute atomic E-state index is 12.0. The van der Waals surface area contributed by atoms with Crippen molar-refractivity contribution in [2.45, 2.75) is 93.0 Å². The number of likely N-dealkylation sites (tertiary alicyclic amines) is 1. The normalized spacial score (nSPS) is 46.9. The Balaban J connectivity index is 1.18. The molecule has 1 aromatic heterocycles. The summed E-state index contributed by atoms with van der Waals surface area (Å²) in [5, 5.41) is 37.0. The highest BCUT2D eigenvalue weighted by Crippen LogP contribution is 2.69. The van der Waals surface area contributed by atoms with Gasteiger partial charge in [-0.1, -0.05) is 31.2 Å². The number of nitrogens with zero attached hydrogens (tertiary/aromatic N) is 2. The minimum Gasteiger partial charge on any atom is -0.388 e. The van der Waals surface area contributed by atoms with E-state index in [0.717, 1.165) is 37.7 Å². The van der Waals surface area contributed by atoms with Gasteiger partial charge in [0.2, 0.25) is 0 Å². The number of aliphatic hydroxyl groups is 3. The summed E-state index contributed by atoms with van der Waals surface area (Å²) in [4.78, 5) is 6.42. The molecule has 4 fully saturated rings. The lowest BCUT2D eigenvalue weighted by Crippen LogP contribution is -2.70. The van der Waals surface area contributed by atoms with E-state index in [1.165, 1.54) is 16.3 Å². The first-order valence-corrected chi connectivity index (χ1v) is 14.8. The standard InChI is InChI=1S/C32H39N3O4/c1-30-9-6-21-15-24-27(36)28(37)26(35-13-8-22(33)17-35)29(38)32(24)11-10-31(21,39-32)25(30)5-4-23(30)19-3-2-18-7-12-34-16-20(18)14-19/h2-3,6-7,12,14-16,22-23,25-29,36-38H,4-5,8-11,13,17,33H2,1H3/t22-,23-,25-,26-,27?,28?,29?,30-,31?,32+/m1/s1. The monoisotopic (exact) mass is 529 g/mol. The second-order valence-electron chi connectivity index (χ2n) is 13.4. The molecular formula is C32H39N3O4. The Morgan fingerprint density at radius 1 is 1.05 bits per heavy atom. The van der Waals surface area contributed by atoms with Crippen LogP contribution in [0.2, 0.25) is 0 Å². The van der Waals surface area contributed by atoms with Gasteiger partial charge in [0.05, 0.1) is 11.6 Å². The van der Waals surface area contributed by atoms with Crippen LogP contribution in [0.1, 0.15) is 56.9 Å². The van der Waals surface area contributed by atoms with Crippen molar-refractivity contribution in [2.75, 3.05) is 13.1 Å². The van der Waals surface area contributed by atoms with E-state index >= 15 is 0 Å². The molecule has 4 unspecified atom stereocenters. The number of pyridine rings is 1. The van der Waals surface area contributed by atoms with E-state index in [1.54, 1.807) is 0 Å². The molecule has 4 heterocycles. The van der Waals surface area contributed by atoms with Crippen molar-refractivity contribution in [1.29, 1.82) is 0 Å². The number of aromatic nitrogens is 1. The van der Waals surface area contributed by atoms with Gasteiger partial charge >= 0.3 is 0 Å². The Bertz CT molecular complexity index is 1410. The van der Waals surface area contributed by atoms with Crippen molar-refractivity contribution in [2.24, 2.45) is 17.1 Å². The van der Waals surface area contributed by atoms with E-state index in [2.05, 4.69) is 53.2 Å². The van der Waals surface area contributed by atoms with Gasteiger partial charge in [-0.2, -0.15) is 0 Å². The minimum absolute atomic E-state index is 0.0214. The summed E-state index contributed by atoms with van der Waals surface area (Å²) in [7, 11) is 0. The Hall–Kier alpha value is -2.13. The van der Waals surface area contributed by atoms with Gasteiger partial charge < -0.3 is 25.8 Å². The minimum atomic E-state index is -1.08. The first kappa shape index (κ1) is 24.6. The second-order valence-corrected chi connectivity index (χ2v) is 13.4. The SMILES string of the molecule is C[C@]12CC=C3C=C4C(O)C(O)[C@@H](N5CC[C@@H](N)C5)C(O)[C@]45CCC3(O5)[C@@H]1CC[C@@H]2c1ccc2ccncc2c1. The van der Waals surface area contributed by atoms with Gasteiger partial charge in [0.15, 0.2) is 0 Å². The lowest BCUT2D eigenvalue weighted by atomic mass is 9.58. The summed E-state index contributed by atoms with van der Waals surface area (Å²) < 4.78 is 7.24. The quantitative estimate of drug-likeness (QED) is 0.473. The lowest BCUT2D eigenvalue weighted by molar-refractivity contribution is -0.214. The number of fused-ring (bicyclic) bond motifs is 2. The lowest BCUT2D eigenvalue weighted by Gasteiger charge is -2.57. The molecule has 0 amide bonds. The van der Waals surface area contributed by atoms with Crippen LogP contribution in [0, 0.1) is 11.3 Å². The highest BCUT2D eigenvalue weighted by atomic mass is 16.5. The smallest absolute Gasteiger partial charge is 0.121 e. The van der Waals surface area contributed by atoms with Crippen LogP contribution < -0.4 is 5.73 Å². The van der Waals surface area contributed by atoms with Crippen LogP contribution in [-0.2, 0) is 4.74 Å². The Kier molecular flexibility index (Phi) is 5.19. The number of hydrogen-bond acceptors (Lipinski definition) is 7. The van der Waals surface area contributed by atoms with E-state index in [9.17, 15) is 15.3 Å². The molecule has 2 bridgehead atoms. The number of hydrogen-bond donors (Lipinski definition) is 4. The summed E-state index contributed by atoms with van der Waals surface area (Å²) in [6, 6.07) is 8.33. The maximum Gasteiger partial charge on any atom is 0.121 e. The van der Waals surface area contributed by atoms with Crippen molar-refractivity contribution < 1.29 is 20.1 Å². The van der Waals surface area contributed by atoms with Gasteiger partial charge in [-0.25, -0.2) is 0 Å². The predicted molar refractivity (Wildman–Crippen MR) is 148 cm³/mol. The largest absolute Gasteiger partial charge is 0.388 e. The van der Waals surface area contributed by atoms with Crippen molar-refractivity contribution in [3.63, 3.8) is 0 Å². The fourth-order valence-corrected chi connectivity index (χ4v) is 9.83. The zero-order chi connectivity index (χ0) is 26.7. The highest BCUT2D eigenvalue weighted by molar-refractivity contribution is 5.82. The van der Waals surface area contributed by atoms with Crippen LogP contribution >= 0.6 is 0 Å². The molecular weight excluding hydrogens is 490 g/mol. The van der Waals surface area contributed by atoms with Crippen molar-refractivity contribution >= 4 is 10.8 Å². The Labute approximate surface area is 229 Å². The average molecular weight is 530 g/mol. The topological polar surface area (TPSA) is 112 Å². The second kappa shape index (κ2) is 8.21. The van der Waals surface area contributed by atoms with Crippen LogP contribution in [0.25, 0.3) is 10.8 Å². The zero-order valence-electron chi connectivity index (χ0n) is 22.5. The molecule has 39 heavy (non-hydrogen) atoms. The number of aliphatic hydroxyl groups excluding tert-OH is 3. The van der Waals surface area contributed by atoms with Gasteiger partial charge in [-0.3, -0.25) is 9.88 Å². The van der Waals surface area contributed by atoms with Gasteiger partial charge in [0.25, 0.3) is 0 Å². The summed E-state index contributed by atoms with van der Waals surface area (Å²) >= 11 is 0. The molecule has 3 aliphatic carbocycles. The number of rotatable bonds is 2. The summed E-state index contributed by atoms with van der Waals surface area (Å²) in [5.41, 5.74) is 7.93. The fourth-order valence-electron chi connectivity index (χ4n) is 9.83. The van der Waals surface area contributed by atoms with Crippen LogP contribution in [0.15, 0.2) is 60.0 Å². The van der Waals surface area contributed by atoms with E-state index in [4.69, 9.17) is 10.5 Å². The Morgan fingerprint density at radius 2 is 1.90 bits per heavy atom. The van der Waals surface area contributed by atoms with Crippen LogP contribution in [0.4, 0.5) is 0 Å². The average Bonchev–Trinajstić information content (AvgIpc) is 3.62. The molecule has 2 saturated carbocycles. The fraction of sp³-hybridized carbons (Fsp3) is 0.594. The first-order valence-electron chi connectivity index (χ1n) is 14.8. The molecule has 0 radical (unpaired) electrons. The molecule has 206 valence electrons. The number of allylic oxidation sites excluding steroid dienone is 1. The number of ether oxygens (including phenoxy) is 1. The first-order chi connectivity index (χ1) is 18.8. The molecule has 3 aliphatic heterocycles. The molecule has 2 spiro atoms. The van der Waals surface area contributed by atoms with Gasteiger partial charge in [0.1, 0.15) is 23.9 Å². The number of nitrogens with two attached hydrogens (primary N) is 1. The van der Waals surface area contributed by atoms with Crippen molar-refractivity contribution in [3.05, 3.63) is 65.5 Å². The van der Waals surface area contributed by atoms with Crippen molar-refractivity contribution in [3.8, 4) is 0 Å². The molecule has 7 nitrogen and oxygen atoms in total. The van der Waals surface area contributed by atoms with E-state index < -0.39 is 35.6 Å². The molecule has 10 atom stereocenters. The van der Waals surface area contributed by atoms with Gasteiger partial charge in [-0.05, 0) is 90.0 Å². The molecule has 7 heteroatoms. The summed E-state index contributed by atoms with van der Waals surface area (Å²) in [6.07, 6.45) is 10.6. The number of benzene rings is 1. The Morgan fingerprint density at radius 3 is 2.72 bits per heavy atom. The molecule has 6 aliphatic rings. The predicted octanol–water partition coefficient (Wildman–Crippen LogP) is 2.79. The van der Waals surface area contributed by atoms with E-state index in [-0.39, 0.29) is 11.5 Å². The molecule has 5 N–H and O–H groups in total. The molecule has 1 aromatic carbocycles. The van der Waals surface area contributed by atoms with Crippen LogP contribution in [0.5, 0.6) is 0 Å². The summed E-state index contributed by atoms with van der Waals surface area (Å²) in [5.74, 6) is 0.721. The third-order valence-corrected chi connectivity index (χ3v) is 11.7. The van der Waals surface area contributed by atoms with Crippen molar-refractivity contribution in [1.82, 2.24) is 9.88 Å². The van der Waals surface area contributed by atoms with Gasteiger partial charge in [0, 0.05) is 36.9 Å². The van der Waals surface area contributed by atoms with E-state index in [1.807, 2.05) is 12.4 Å². The maximum atomic E-state index is 12.0. The molecule has 8 rings (SSSR count). The highest BCUT2D eigenvalue weighted by Gasteiger charge is 2.71. The molecule has 2 aromatic rings. The molecule has 2 saturated heterocycles. The van der Waals surface area contributed by atoms with Crippen LogP contribution in [-0.4, -0.2) is 79.9 Å². The third kappa shape index (κ3) is 3.12. The van der Waals surface area contributed by atoms with E-state index in [0.29, 0.717) is 36.9 Å². The summed E-state index contributed by atoms with van der Waals surface area (Å²) in [6.45, 7) is 3.76. The van der Waals surface area contributed by atoms with Crippen LogP contribution in [0.3, 0.4) is 0 Å². The van der Waals surface area contributed by atoms with Gasteiger partial charge in [-0.15, -0.1) is 0 Å². The zero-order valence-corrected chi connectivity index (χ0v) is 22.5. The third-order valence-electron chi connectivity index (χ3n) is 11.7.